The number of rotatable bonds is 4. The molecule has 1 aliphatic heterocycles. The zero-order chi connectivity index (χ0) is 18.7. The molecule has 0 saturated carbocycles. The number of nitrogens with one attached hydrogen (secondary N) is 1. The molecule has 0 radical (unpaired) electrons. The van der Waals surface area contributed by atoms with E-state index in [1.165, 1.54) is 0 Å². The Morgan fingerprint density at radius 1 is 1.19 bits per heavy atom. The van der Waals surface area contributed by atoms with Crippen LogP contribution >= 0.6 is 28.1 Å². The van der Waals surface area contributed by atoms with Gasteiger partial charge in [-0.25, -0.2) is 4.79 Å². The molecule has 26 heavy (non-hydrogen) atoms. The predicted molar refractivity (Wildman–Crippen MR) is 111 cm³/mol. The lowest BCUT2D eigenvalue weighted by Gasteiger charge is -2.37. The summed E-state index contributed by atoms with van der Waals surface area (Å²) in [5, 5.41) is 3.85. The molecule has 1 heterocycles. The van der Waals surface area contributed by atoms with Gasteiger partial charge in [-0.2, -0.15) is 0 Å². The maximum absolute atomic E-state index is 12.7. The van der Waals surface area contributed by atoms with Gasteiger partial charge in [0.05, 0.1) is 18.2 Å². The van der Waals surface area contributed by atoms with E-state index in [1.54, 1.807) is 6.92 Å². The van der Waals surface area contributed by atoms with Crippen molar-refractivity contribution in [2.24, 2.45) is 0 Å². The summed E-state index contributed by atoms with van der Waals surface area (Å²) in [6.07, 6.45) is 0. The van der Waals surface area contributed by atoms with Gasteiger partial charge in [0, 0.05) is 15.9 Å². The Kier molecular flexibility index (Phi) is 5.74. The van der Waals surface area contributed by atoms with E-state index < -0.39 is 0 Å². The van der Waals surface area contributed by atoms with Crippen LogP contribution in [-0.4, -0.2) is 17.7 Å². The molecule has 0 aromatic heterocycles. The molecule has 0 spiro atoms. The minimum atomic E-state index is -0.352. The number of hydrogen-bond donors (Lipinski definition) is 1. The first-order valence-corrected chi connectivity index (χ1v) is 9.52. The fourth-order valence-electron chi connectivity index (χ4n) is 3.01. The molecule has 0 bridgehead atoms. The standard InChI is InChI=1S/C20H19BrN2O2S/c1-3-25-19(24)17-13(2)23(16-7-5-4-6-8-16)20(26)22-18(17)14-9-11-15(21)12-10-14/h4-12,18H,3H2,1-2H3,(H,22,26)/t18-/m1/s1. The summed E-state index contributed by atoms with van der Waals surface area (Å²) in [6.45, 7) is 4.02. The SMILES string of the molecule is CCOC(=O)C1=C(C)N(c2ccccc2)C(=S)N[C@@H]1c1ccc(Br)cc1. The van der Waals surface area contributed by atoms with Crippen molar-refractivity contribution in [2.45, 2.75) is 19.9 Å². The lowest BCUT2D eigenvalue weighted by molar-refractivity contribution is -0.139. The Morgan fingerprint density at radius 2 is 1.85 bits per heavy atom. The summed E-state index contributed by atoms with van der Waals surface area (Å²) in [5.74, 6) is -0.339. The number of thiocarbonyl (C=S) groups is 1. The molecule has 3 rings (SSSR count). The first-order valence-electron chi connectivity index (χ1n) is 8.32. The summed E-state index contributed by atoms with van der Waals surface area (Å²) in [6, 6.07) is 17.2. The summed E-state index contributed by atoms with van der Waals surface area (Å²) < 4.78 is 6.31. The molecule has 6 heteroatoms. The Hall–Kier alpha value is -2.18. The molecule has 0 saturated heterocycles. The Bertz CT molecular complexity index is 850. The van der Waals surface area contributed by atoms with Crippen molar-refractivity contribution < 1.29 is 9.53 Å². The van der Waals surface area contributed by atoms with Crippen molar-refractivity contribution in [3.8, 4) is 0 Å². The van der Waals surface area contributed by atoms with Gasteiger partial charge in [0.2, 0.25) is 0 Å². The number of allylic oxidation sites excluding steroid dienone is 1. The van der Waals surface area contributed by atoms with Crippen LogP contribution in [0.3, 0.4) is 0 Å². The molecule has 4 nitrogen and oxygen atoms in total. The number of anilines is 1. The molecule has 134 valence electrons. The normalized spacial score (nSPS) is 17.1. The van der Waals surface area contributed by atoms with Gasteiger partial charge in [0.25, 0.3) is 0 Å². The second kappa shape index (κ2) is 8.01. The molecule has 2 aromatic rings. The second-order valence-electron chi connectivity index (χ2n) is 5.82. The van der Waals surface area contributed by atoms with Gasteiger partial charge in [0.1, 0.15) is 0 Å². The highest BCUT2D eigenvalue weighted by atomic mass is 79.9. The van der Waals surface area contributed by atoms with E-state index in [1.807, 2.05) is 66.4 Å². The molecule has 0 amide bonds. The van der Waals surface area contributed by atoms with E-state index in [9.17, 15) is 4.79 Å². The van der Waals surface area contributed by atoms with E-state index >= 15 is 0 Å². The van der Waals surface area contributed by atoms with Crippen molar-refractivity contribution in [2.75, 3.05) is 11.5 Å². The van der Waals surface area contributed by atoms with E-state index in [2.05, 4.69) is 21.2 Å². The van der Waals surface area contributed by atoms with Gasteiger partial charge >= 0.3 is 5.97 Å². The Labute approximate surface area is 167 Å². The van der Waals surface area contributed by atoms with Gasteiger partial charge in [0.15, 0.2) is 5.11 Å². The van der Waals surface area contributed by atoms with Gasteiger partial charge in [-0.3, -0.25) is 4.90 Å². The van der Waals surface area contributed by atoms with Gasteiger partial charge in [-0.05, 0) is 55.9 Å². The van der Waals surface area contributed by atoms with Crippen LogP contribution in [0, 0.1) is 0 Å². The lowest BCUT2D eigenvalue weighted by atomic mass is 9.95. The maximum Gasteiger partial charge on any atom is 0.338 e. The average molecular weight is 431 g/mol. The van der Waals surface area contributed by atoms with Crippen LogP contribution in [0.1, 0.15) is 25.5 Å². The highest BCUT2D eigenvalue weighted by Gasteiger charge is 2.35. The van der Waals surface area contributed by atoms with Crippen molar-refractivity contribution in [3.63, 3.8) is 0 Å². The quantitative estimate of drug-likeness (QED) is 0.561. The highest BCUT2D eigenvalue weighted by molar-refractivity contribution is 9.10. The van der Waals surface area contributed by atoms with Crippen molar-refractivity contribution in [1.29, 1.82) is 0 Å². The van der Waals surface area contributed by atoms with Crippen molar-refractivity contribution in [3.05, 3.63) is 75.9 Å². The zero-order valence-corrected chi connectivity index (χ0v) is 16.9. The lowest BCUT2D eigenvalue weighted by Crippen LogP contribution is -2.48. The average Bonchev–Trinajstić information content (AvgIpc) is 2.63. The summed E-state index contributed by atoms with van der Waals surface area (Å²) in [7, 11) is 0. The van der Waals surface area contributed by atoms with Crippen LogP contribution in [0.15, 0.2) is 70.3 Å². The molecule has 2 aromatic carbocycles. The second-order valence-corrected chi connectivity index (χ2v) is 7.13. The number of hydrogen-bond acceptors (Lipinski definition) is 3. The molecule has 0 unspecified atom stereocenters. The monoisotopic (exact) mass is 430 g/mol. The number of benzene rings is 2. The summed E-state index contributed by atoms with van der Waals surface area (Å²) >= 11 is 9.06. The summed E-state index contributed by atoms with van der Waals surface area (Å²) in [5.41, 5.74) is 3.18. The first-order chi connectivity index (χ1) is 12.5. The highest BCUT2D eigenvalue weighted by Crippen LogP contribution is 2.34. The number of esters is 1. The van der Waals surface area contributed by atoms with Gasteiger partial charge in [-0.15, -0.1) is 0 Å². The zero-order valence-electron chi connectivity index (χ0n) is 14.5. The van der Waals surface area contributed by atoms with Crippen LogP contribution in [0.2, 0.25) is 0 Å². The minimum absolute atomic E-state index is 0.318. The fraction of sp³-hybridized carbons (Fsp3) is 0.200. The van der Waals surface area contributed by atoms with Crippen LogP contribution in [0.4, 0.5) is 5.69 Å². The van der Waals surface area contributed by atoms with E-state index in [4.69, 9.17) is 17.0 Å². The van der Waals surface area contributed by atoms with E-state index in [0.29, 0.717) is 17.3 Å². The first kappa shape index (κ1) is 18.6. The van der Waals surface area contributed by atoms with Crippen molar-refractivity contribution >= 4 is 44.9 Å². The van der Waals surface area contributed by atoms with Crippen LogP contribution in [0.5, 0.6) is 0 Å². The van der Waals surface area contributed by atoms with E-state index in [0.717, 1.165) is 21.4 Å². The third kappa shape index (κ3) is 3.66. The minimum Gasteiger partial charge on any atom is -0.463 e. The number of halogens is 1. The third-order valence-corrected chi connectivity index (χ3v) is 5.03. The summed E-state index contributed by atoms with van der Waals surface area (Å²) in [4.78, 5) is 14.6. The molecular formula is C20H19BrN2O2S. The van der Waals surface area contributed by atoms with Crippen LogP contribution in [0.25, 0.3) is 0 Å². The molecular weight excluding hydrogens is 412 g/mol. The molecule has 1 atom stereocenters. The molecule has 0 fully saturated rings. The van der Waals surface area contributed by atoms with Crippen molar-refractivity contribution in [1.82, 2.24) is 5.32 Å². The number of carbonyl (C=O) groups excluding carboxylic acids is 1. The maximum atomic E-state index is 12.7. The molecule has 1 N–H and O–H groups in total. The van der Waals surface area contributed by atoms with E-state index in [-0.39, 0.29) is 12.0 Å². The topological polar surface area (TPSA) is 41.6 Å². The fourth-order valence-corrected chi connectivity index (χ4v) is 3.63. The van der Waals surface area contributed by atoms with Crippen LogP contribution < -0.4 is 10.2 Å². The Morgan fingerprint density at radius 3 is 2.46 bits per heavy atom. The smallest absolute Gasteiger partial charge is 0.338 e. The Balaban J connectivity index is 2.11. The number of carbonyl (C=O) groups is 1. The number of para-hydroxylation sites is 1. The number of nitrogens with zero attached hydrogens (tertiary/aromatic N) is 1. The number of ether oxygens (including phenoxy) is 1. The van der Waals surface area contributed by atoms with Crippen LogP contribution in [-0.2, 0) is 9.53 Å². The molecule has 1 aliphatic rings. The largest absolute Gasteiger partial charge is 0.463 e. The predicted octanol–water partition coefficient (Wildman–Crippen LogP) is 4.72. The third-order valence-electron chi connectivity index (χ3n) is 4.20. The van der Waals surface area contributed by atoms with Gasteiger partial charge in [-0.1, -0.05) is 46.3 Å². The molecule has 0 aliphatic carbocycles. The van der Waals surface area contributed by atoms with Gasteiger partial charge < -0.3 is 10.1 Å².